The molecule has 0 amide bonds. The maximum Gasteiger partial charge on any atom is 0.149 e. The topological polar surface area (TPSA) is 24.9 Å². The summed E-state index contributed by atoms with van der Waals surface area (Å²) in [6.45, 7) is 1.64. The van der Waals surface area contributed by atoms with Crippen LogP contribution >= 0.6 is 11.6 Å². The van der Waals surface area contributed by atoms with Crippen LogP contribution in [0.25, 0.3) is 11.1 Å². The van der Waals surface area contributed by atoms with Crippen molar-refractivity contribution in [3.63, 3.8) is 0 Å². The number of benzene rings is 1. The molecule has 0 aliphatic carbocycles. The summed E-state index contributed by atoms with van der Waals surface area (Å²) in [5, 5.41) is 4.07. The van der Waals surface area contributed by atoms with E-state index in [1.807, 2.05) is 12.1 Å². The van der Waals surface area contributed by atoms with Crippen LogP contribution in [0, 0.1) is 5.82 Å². The first-order valence-corrected chi connectivity index (χ1v) is 6.26. The minimum absolute atomic E-state index is 0.299. The van der Waals surface area contributed by atoms with Gasteiger partial charge in [-0.15, -0.1) is 0 Å². The Morgan fingerprint density at radius 1 is 1.17 bits per heavy atom. The number of halogens is 2. The van der Waals surface area contributed by atoms with Crippen LogP contribution < -0.4 is 5.32 Å². The van der Waals surface area contributed by atoms with Gasteiger partial charge in [0.05, 0.1) is 6.20 Å². The van der Waals surface area contributed by atoms with E-state index in [2.05, 4.69) is 10.3 Å². The van der Waals surface area contributed by atoms with Crippen molar-refractivity contribution in [2.24, 2.45) is 0 Å². The highest BCUT2D eigenvalue weighted by Gasteiger charge is 2.18. The molecular formula is C14H12ClFN2. The van der Waals surface area contributed by atoms with Gasteiger partial charge < -0.3 is 5.32 Å². The van der Waals surface area contributed by atoms with Crippen LogP contribution in [0.1, 0.15) is 11.1 Å². The van der Waals surface area contributed by atoms with Crippen molar-refractivity contribution in [1.29, 1.82) is 0 Å². The quantitative estimate of drug-likeness (QED) is 0.854. The van der Waals surface area contributed by atoms with E-state index in [0.29, 0.717) is 5.56 Å². The lowest BCUT2D eigenvalue weighted by atomic mass is 9.92. The van der Waals surface area contributed by atoms with E-state index < -0.39 is 0 Å². The van der Waals surface area contributed by atoms with E-state index >= 15 is 0 Å². The second kappa shape index (κ2) is 4.67. The average Bonchev–Trinajstić information content (AvgIpc) is 2.41. The first-order valence-electron chi connectivity index (χ1n) is 5.88. The summed E-state index contributed by atoms with van der Waals surface area (Å²) >= 11 is 6.21. The predicted octanol–water partition coefficient (Wildman–Crippen LogP) is 3.19. The minimum atomic E-state index is -0.299. The maximum atomic E-state index is 13.8. The Hall–Kier alpha value is -1.45. The standard InChI is InChI=1S/C14H12ClFN2/c15-13-2-1-9(11-4-6-18-8-14(11)16)12-7-17-5-3-10(12)13/h1-2,4,6,8,17H,3,5,7H2. The van der Waals surface area contributed by atoms with Crippen molar-refractivity contribution < 1.29 is 4.39 Å². The SMILES string of the molecule is Fc1cnccc1-c1ccc(Cl)c2c1CNCC2. The van der Waals surface area contributed by atoms with Gasteiger partial charge in [0.2, 0.25) is 0 Å². The molecule has 0 saturated heterocycles. The zero-order chi connectivity index (χ0) is 12.5. The van der Waals surface area contributed by atoms with Gasteiger partial charge in [-0.1, -0.05) is 17.7 Å². The minimum Gasteiger partial charge on any atom is -0.312 e. The second-order valence-corrected chi connectivity index (χ2v) is 4.74. The number of pyridine rings is 1. The molecule has 0 radical (unpaired) electrons. The summed E-state index contributed by atoms with van der Waals surface area (Å²) in [7, 11) is 0. The van der Waals surface area contributed by atoms with Crippen molar-refractivity contribution in [3.8, 4) is 11.1 Å². The van der Waals surface area contributed by atoms with Crippen molar-refractivity contribution in [1.82, 2.24) is 10.3 Å². The van der Waals surface area contributed by atoms with Gasteiger partial charge in [0.15, 0.2) is 0 Å². The van der Waals surface area contributed by atoms with Gasteiger partial charge in [-0.25, -0.2) is 4.39 Å². The number of aromatic nitrogens is 1. The van der Waals surface area contributed by atoms with Gasteiger partial charge in [0.25, 0.3) is 0 Å². The number of rotatable bonds is 1. The smallest absolute Gasteiger partial charge is 0.149 e. The first kappa shape index (κ1) is 11.6. The summed E-state index contributed by atoms with van der Waals surface area (Å²) in [6, 6.07) is 5.43. The molecule has 1 aliphatic heterocycles. The Balaban J connectivity index is 2.22. The van der Waals surface area contributed by atoms with E-state index in [1.165, 1.54) is 6.20 Å². The molecule has 2 nitrogen and oxygen atoms in total. The van der Waals surface area contributed by atoms with Crippen molar-refractivity contribution in [2.75, 3.05) is 6.54 Å². The highest BCUT2D eigenvalue weighted by Crippen LogP contribution is 2.33. The summed E-state index contributed by atoms with van der Waals surface area (Å²) in [5.41, 5.74) is 3.71. The van der Waals surface area contributed by atoms with Crippen LogP contribution in [-0.2, 0) is 13.0 Å². The molecule has 0 fully saturated rings. The third-order valence-electron chi connectivity index (χ3n) is 3.29. The number of nitrogens with zero attached hydrogens (tertiary/aromatic N) is 1. The highest BCUT2D eigenvalue weighted by molar-refractivity contribution is 6.31. The van der Waals surface area contributed by atoms with Gasteiger partial charge >= 0.3 is 0 Å². The zero-order valence-corrected chi connectivity index (χ0v) is 10.5. The third-order valence-corrected chi connectivity index (χ3v) is 3.64. The summed E-state index contributed by atoms with van der Waals surface area (Å²) in [6.07, 6.45) is 3.73. The number of nitrogens with one attached hydrogen (secondary N) is 1. The molecule has 0 unspecified atom stereocenters. The van der Waals surface area contributed by atoms with Crippen LogP contribution in [0.4, 0.5) is 4.39 Å². The molecular weight excluding hydrogens is 251 g/mol. The highest BCUT2D eigenvalue weighted by atomic mass is 35.5. The van der Waals surface area contributed by atoms with Crippen molar-refractivity contribution >= 4 is 11.6 Å². The number of fused-ring (bicyclic) bond motifs is 1. The lowest BCUT2D eigenvalue weighted by molar-refractivity contribution is 0.622. The van der Waals surface area contributed by atoms with E-state index in [0.717, 1.165) is 41.2 Å². The van der Waals surface area contributed by atoms with E-state index in [4.69, 9.17) is 11.6 Å². The van der Waals surface area contributed by atoms with Crippen LogP contribution in [0.3, 0.4) is 0 Å². The average molecular weight is 263 g/mol. The Bertz CT molecular complexity index is 598. The van der Waals surface area contributed by atoms with Gasteiger partial charge in [0, 0.05) is 23.3 Å². The molecule has 92 valence electrons. The molecule has 0 saturated carbocycles. The van der Waals surface area contributed by atoms with Crippen molar-refractivity contribution in [2.45, 2.75) is 13.0 Å². The molecule has 1 N–H and O–H groups in total. The van der Waals surface area contributed by atoms with Crippen LogP contribution in [0.2, 0.25) is 5.02 Å². The van der Waals surface area contributed by atoms with Gasteiger partial charge in [-0.05, 0) is 41.8 Å². The molecule has 2 aromatic rings. The Morgan fingerprint density at radius 2 is 2.06 bits per heavy atom. The lowest BCUT2D eigenvalue weighted by Gasteiger charge is -2.22. The molecule has 1 aromatic heterocycles. The lowest BCUT2D eigenvalue weighted by Crippen LogP contribution is -2.24. The van der Waals surface area contributed by atoms with Crippen LogP contribution in [0.5, 0.6) is 0 Å². The molecule has 3 rings (SSSR count). The monoisotopic (exact) mass is 262 g/mol. The van der Waals surface area contributed by atoms with Gasteiger partial charge in [-0.2, -0.15) is 0 Å². The normalized spacial score (nSPS) is 14.3. The predicted molar refractivity (Wildman–Crippen MR) is 70.1 cm³/mol. The summed E-state index contributed by atoms with van der Waals surface area (Å²) in [5.74, 6) is -0.299. The first-order chi connectivity index (χ1) is 8.77. The fourth-order valence-electron chi connectivity index (χ4n) is 2.41. The molecule has 1 aliphatic rings. The molecule has 0 spiro atoms. The second-order valence-electron chi connectivity index (χ2n) is 4.33. The number of hydrogen-bond donors (Lipinski definition) is 1. The van der Waals surface area contributed by atoms with Crippen LogP contribution in [0.15, 0.2) is 30.6 Å². The largest absolute Gasteiger partial charge is 0.312 e. The Morgan fingerprint density at radius 3 is 2.89 bits per heavy atom. The van der Waals surface area contributed by atoms with Crippen molar-refractivity contribution in [3.05, 3.63) is 52.6 Å². The fraction of sp³-hybridized carbons (Fsp3) is 0.214. The number of hydrogen-bond acceptors (Lipinski definition) is 2. The maximum absolute atomic E-state index is 13.8. The molecule has 18 heavy (non-hydrogen) atoms. The molecule has 1 aromatic carbocycles. The fourth-order valence-corrected chi connectivity index (χ4v) is 2.68. The zero-order valence-electron chi connectivity index (χ0n) is 9.71. The van der Waals surface area contributed by atoms with Crippen LogP contribution in [-0.4, -0.2) is 11.5 Å². The summed E-state index contributed by atoms with van der Waals surface area (Å²) < 4.78 is 13.8. The van der Waals surface area contributed by atoms with E-state index in [-0.39, 0.29) is 5.82 Å². The van der Waals surface area contributed by atoms with Gasteiger partial charge in [0.1, 0.15) is 5.82 Å². The summed E-state index contributed by atoms with van der Waals surface area (Å²) in [4.78, 5) is 3.78. The van der Waals surface area contributed by atoms with Gasteiger partial charge in [-0.3, -0.25) is 4.98 Å². The molecule has 0 bridgehead atoms. The Kier molecular flexibility index (Phi) is 3.02. The molecule has 0 atom stereocenters. The Labute approximate surface area is 110 Å². The molecule has 4 heteroatoms. The molecule has 2 heterocycles. The third kappa shape index (κ3) is 1.89. The van der Waals surface area contributed by atoms with E-state index in [1.54, 1.807) is 12.3 Å². The van der Waals surface area contributed by atoms with E-state index in [9.17, 15) is 4.39 Å².